The SMILES string of the molecule is Cc1nc(-c2cccs2)sc1C(=O)N1CCC[C@@H](C)C1. The molecule has 1 saturated heterocycles. The molecule has 20 heavy (non-hydrogen) atoms. The summed E-state index contributed by atoms with van der Waals surface area (Å²) in [6, 6.07) is 4.07. The van der Waals surface area contributed by atoms with Crippen molar-refractivity contribution in [1.29, 1.82) is 0 Å². The summed E-state index contributed by atoms with van der Waals surface area (Å²) in [6.07, 6.45) is 2.34. The van der Waals surface area contributed by atoms with Crippen molar-refractivity contribution in [3.8, 4) is 9.88 Å². The van der Waals surface area contributed by atoms with E-state index in [1.54, 1.807) is 11.3 Å². The van der Waals surface area contributed by atoms with Crippen LogP contribution in [0.25, 0.3) is 9.88 Å². The van der Waals surface area contributed by atoms with Crippen LogP contribution in [0.5, 0.6) is 0 Å². The monoisotopic (exact) mass is 306 g/mol. The molecule has 3 rings (SSSR count). The molecule has 0 radical (unpaired) electrons. The summed E-state index contributed by atoms with van der Waals surface area (Å²) in [5, 5.41) is 3.01. The Kier molecular flexibility index (Phi) is 3.89. The summed E-state index contributed by atoms with van der Waals surface area (Å²) in [6.45, 7) is 5.92. The fourth-order valence-corrected chi connectivity index (χ4v) is 4.45. The average molecular weight is 306 g/mol. The van der Waals surface area contributed by atoms with E-state index in [1.807, 2.05) is 23.3 Å². The van der Waals surface area contributed by atoms with E-state index >= 15 is 0 Å². The van der Waals surface area contributed by atoms with Crippen LogP contribution >= 0.6 is 22.7 Å². The summed E-state index contributed by atoms with van der Waals surface area (Å²) in [5.41, 5.74) is 0.863. The molecule has 0 spiro atoms. The smallest absolute Gasteiger partial charge is 0.265 e. The molecule has 1 aliphatic heterocycles. The molecule has 2 aromatic rings. The zero-order valence-corrected chi connectivity index (χ0v) is 13.4. The Morgan fingerprint density at radius 1 is 1.50 bits per heavy atom. The third-order valence-electron chi connectivity index (χ3n) is 3.67. The Morgan fingerprint density at radius 3 is 3.05 bits per heavy atom. The molecule has 3 heterocycles. The lowest BCUT2D eigenvalue weighted by molar-refractivity contribution is 0.0687. The number of thiazole rings is 1. The van der Waals surface area contributed by atoms with Crippen molar-refractivity contribution in [3.63, 3.8) is 0 Å². The minimum Gasteiger partial charge on any atom is -0.338 e. The van der Waals surface area contributed by atoms with E-state index in [9.17, 15) is 4.79 Å². The van der Waals surface area contributed by atoms with Crippen molar-refractivity contribution in [2.45, 2.75) is 26.7 Å². The van der Waals surface area contributed by atoms with Gasteiger partial charge in [-0.15, -0.1) is 22.7 Å². The van der Waals surface area contributed by atoms with Gasteiger partial charge in [0.2, 0.25) is 0 Å². The van der Waals surface area contributed by atoms with E-state index in [0.717, 1.165) is 40.0 Å². The number of carbonyl (C=O) groups excluding carboxylic acids is 1. The summed E-state index contributed by atoms with van der Waals surface area (Å²) in [5.74, 6) is 0.770. The second-order valence-electron chi connectivity index (χ2n) is 5.41. The number of likely N-dealkylation sites (tertiary alicyclic amines) is 1. The second kappa shape index (κ2) is 5.66. The van der Waals surface area contributed by atoms with E-state index in [-0.39, 0.29) is 5.91 Å². The van der Waals surface area contributed by atoms with Crippen LogP contribution in [-0.4, -0.2) is 28.9 Å². The van der Waals surface area contributed by atoms with Crippen LogP contribution in [0, 0.1) is 12.8 Å². The van der Waals surface area contributed by atoms with Crippen molar-refractivity contribution in [2.75, 3.05) is 13.1 Å². The van der Waals surface area contributed by atoms with E-state index in [2.05, 4.69) is 18.0 Å². The number of amides is 1. The lowest BCUT2D eigenvalue weighted by Crippen LogP contribution is -2.39. The van der Waals surface area contributed by atoms with Gasteiger partial charge in [0, 0.05) is 13.1 Å². The Hall–Kier alpha value is -1.20. The first-order valence-corrected chi connectivity index (χ1v) is 8.65. The van der Waals surface area contributed by atoms with Gasteiger partial charge in [-0.1, -0.05) is 13.0 Å². The lowest BCUT2D eigenvalue weighted by Gasteiger charge is -2.30. The predicted octanol–water partition coefficient (Wildman–Crippen LogP) is 4.05. The van der Waals surface area contributed by atoms with Crippen molar-refractivity contribution in [2.24, 2.45) is 5.92 Å². The highest BCUT2D eigenvalue weighted by molar-refractivity contribution is 7.22. The quantitative estimate of drug-likeness (QED) is 0.838. The number of thiophene rings is 1. The zero-order valence-electron chi connectivity index (χ0n) is 11.8. The molecule has 1 atom stereocenters. The molecule has 5 heteroatoms. The van der Waals surface area contributed by atoms with Gasteiger partial charge in [-0.05, 0) is 37.1 Å². The van der Waals surface area contributed by atoms with Gasteiger partial charge in [0.1, 0.15) is 9.88 Å². The molecule has 1 aliphatic rings. The standard InChI is InChI=1S/C15H18N2OS2/c1-10-5-3-7-17(9-10)15(18)13-11(2)16-14(20-13)12-6-4-8-19-12/h4,6,8,10H,3,5,7,9H2,1-2H3/t10-/m1/s1. The van der Waals surface area contributed by atoms with Crippen molar-refractivity contribution >= 4 is 28.6 Å². The minimum absolute atomic E-state index is 0.161. The molecule has 0 saturated carbocycles. The molecule has 0 aromatic carbocycles. The maximum absolute atomic E-state index is 12.6. The number of carbonyl (C=O) groups is 1. The topological polar surface area (TPSA) is 33.2 Å². The Balaban J connectivity index is 1.85. The maximum atomic E-state index is 12.6. The highest BCUT2D eigenvalue weighted by Gasteiger charge is 2.25. The summed E-state index contributed by atoms with van der Waals surface area (Å²) >= 11 is 3.20. The van der Waals surface area contributed by atoms with Crippen LogP contribution in [0.2, 0.25) is 0 Å². The molecular weight excluding hydrogens is 288 g/mol. The van der Waals surface area contributed by atoms with Gasteiger partial charge in [0.05, 0.1) is 10.6 Å². The first-order valence-electron chi connectivity index (χ1n) is 6.95. The number of nitrogens with zero attached hydrogens (tertiary/aromatic N) is 2. The van der Waals surface area contributed by atoms with Crippen LogP contribution < -0.4 is 0 Å². The third kappa shape index (κ3) is 2.65. The molecule has 1 amide bonds. The van der Waals surface area contributed by atoms with E-state index in [0.29, 0.717) is 5.92 Å². The van der Waals surface area contributed by atoms with Gasteiger partial charge in [0.25, 0.3) is 5.91 Å². The molecule has 0 bridgehead atoms. The number of aromatic nitrogens is 1. The molecule has 0 N–H and O–H groups in total. The number of aryl methyl sites for hydroxylation is 1. The van der Waals surface area contributed by atoms with Gasteiger partial charge >= 0.3 is 0 Å². The van der Waals surface area contributed by atoms with Gasteiger partial charge in [0.15, 0.2) is 0 Å². The van der Waals surface area contributed by atoms with Gasteiger partial charge in [-0.2, -0.15) is 0 Å². The predicted molar refractivity (Wildman–Crippen MR) is 84.5 cm³/mol. The number of hydrogen-bond donors (Lipinski definition) is 0. The van der Waals surface area contributed by atoms with Crippen LogP contribution in [0.4, 0.5) is 0 Å². The highest BCUT2D eigenvalue weighted by atomic mass is 32.1. The molecule has 0 unspecified atom stereocenters. The number of hydrogen-bond acceptors (Lipinski definition) is 4. The van der Waals surface area contributed by atoms with Gasteiger partial charge < -0.3 is 4.90 Å². The van der Waals surface area contributed by atoms with Crippen LogP contribution in [0.15, 0.2) is 17.5 Å². The summed E-state index contributed by atoms with van der Waals surface area (Å²) in [7, 11) is 0. The van der Waals surface area contributed by atoms with E-state index in [1.165, 1.54) is 17.8 Å². The fraction of sp³-hybridized carbons (Fsp3) is 0.467. The number of rotatable bonds is 2. The maximum Gasteiger partial charge on any atom is 0.265 e. The zero-order chi connectivity index (χ0) is 14.1. The van der Waals surface area contributed by atoms with Crippen molar-refractivity contribution < 1.29 is 4.79 Å². The first-order chi connectivity index (χ1) is 9.65. The lowest BCUT2D eigenvalue weighted by atomic mass is 10.0. The average Bonchev–Trinajstić information content (AvgIpc) is 3.07. The fourth-order valence-electron chi connectivity index (χ4n) is 2.62. The number of piperidine rings is 1. The van der Waals surface area contributed by atoms with Crippen molar-refractivity contribution in [1.82, 2.24) is 9.88 Å². The Labute approximate surface area is 127 Å². The normalized spacial score (nSPS) is 19.3. The summed E-state index contributed by atoms with van der Waals surface area (Å²) in [4.78, 5) is 21.2. The van der Waals surface area contributed by atoms with Crippen LogP contribution in [-0.2, 0) is 0 Å². The van der Waals surface area contributed by atoms with Gasteiger partial charge in [-0.3, -0.25) is 4.79 Å². The molecule has 2 aromatic heterocycles. The Morgan fingerprint density at radius 2 is 2.35 bits per heavy atom. The molecule has 0 aliphatic carbocycles. The highest BCUT2D eigenvalue weighted by Crippen LogP contribution is 2.32. The molecular formula is C15H18N2OS2. The molecule has 1 fully saturated rings. The first kappa shape index (κ1) is 13.8. The van der Waals surface area contributed by atoms with Gasteiger partial charge in [-0.25, -0.2) is 4.98 Å². The third-order valence-corrected chi connectivity index (χ3v) is 5.85. The second-order valence-corrected chi connectivity index (χ2v) is 7.36. The van der Waals surface area contributed by atoms with Crippen molar-refractivity contribution in [3.05, 3.63) is 28.1 Å². The van der Waals surface area contributed by atoms with E-state index in [4.69, 9.17) is 0 Å². The summed E-state index contributed by atoms with van der Waals surface area (Å²) < 4.78 is 0. The van der Waals surface area contributed by atoms with Crippen LogP contribution in [0.1, 0.15) is 35.1 Å². The minimum atomic E-state index is 0.161. The van der Waals surface area contributed by atoms with Crippen LogP contribution in [0.3, 0.4) is 0 Å². The molecule has 106 valence electrons. The molecule has 3 nitrogen and oxygen atoms in total. The largest absolute Gasteiger partial charge is 0.338 e. The Bertz CT molecular complexity index is 603. The van der Waals surface area contributed by atoms with E-state index < -0.39 is 0 Å².